The molecule has 0 aliphatic carbocycles. The average molecular weight is 387 g/mol. The van der Waals surface area contributed by atoms with E-state index in [1.54, 1.807) is 0 Å². The van der Waals surface area contributed by atoms with Crippen molar-refractivity contribution in [2.45, 2.75) is 19.4 Å². The van der Waals surface area contributed by atoms with Crippen molar-refractivity contribution in [2.75, 3.05) is 6.54 Å². The van der Waals surface area contributed by atoms with Gasteiger partial charge >= 0.3 is 0 Å². The third kappa shape index (κ3) is 3.91. The van der Waals surface area contributed by atoms with Gasteiger partial charge < -0.3 is 5.32 Å². The van der Waals surface area contributed by atoms with E-state index in [0.717, 1.165) is 21.9 Å². The Labute approximate surface area is 130 Å². The largest absolute Gasteiger partial charge is 0.310 e. The van der Waals surface area contributed by atoms with Gasteiger partial charge in [-0.1, -0.05) is 44.8 Å². The minimum Gasteiger partial charge on any atom is -0.310 e. The van der Waals surface area contributed by atoms with Crippen LogP contribution in [-0.2, 0) is 13.5 Å². The zero-order chi connectivity index (χ0) is 13.8. The molecule has 1 N–H and O–H groups in total. The fourth-order valence-electron chi connectivity index (χ4n) is 2.14. The zero-order valence-electron chi connectivity index (χ0n) is 11.0. The highest BCUT2D eigenvalue weighted by atomic mass is 79.9. The first-order valence-electron chi connectivity index (χ1n) is 6.26. The number of likely N-dealkylation sites (N-methyl/N-ethyl adjacent to an activating group) is 1. The molecule has 0 fully saturated rings. The van der Waals surface area contributed by atoms with E-state index in [4.69, 9.17) is 0 Å². The third-order valence-electron chi connectivity index (χ3n) is 2.99. The van der Waals surface area contributed by atoms with Crippen molar-refractivity contribution in [1.82, 2.24) is 15.1 Å². The van der Waals surface area contributed by atoms with Crippen LogP contribution >= 0.6 is 31.9 Å². The first-order valence-corrected chi connectivity index (χ1v) is 7.84. The Balaban J connectivity index is 2.23. The summed E-state index contributed by atoms with van der Waals surface area (Å²) in [5, 5.41) is 7.76. The predicted molar refractivity (Wildman–Crippen MR) is 85.2 cm³/mol. The molecule has 0 saturated carbocycles. The molecular weight excluding hydrogens is 370 g/mol. The van der Waals surface area contributed by atoms with Gasteiger partial charge in [0.1, 0.15) is 0 Å². The molecule has 0 radical (unpaired) electrons. The Bertz CT molecular complexity index is 551. The van der Waals surface area contributed by atoms with Gasteiger partial charge in [0, 0.05) is 28.2 Å². The topological polar surface area (TPSA) is 29.9 Å². The summed E-state index contributed by atoms with van der Waals surface area (Å²) in [4.78, 5) is 0. The second-order valence-corrected chi connectivity index (χ2v) is 6.27. The second-order valence-electron chi connectivity index (χ2n) is 4.50. The molecule has 0 spiro atoms. The van der Waals surface area contributed by atoms with Gasteiger partial charge in [-0.15, -0.1) is 0 Å². The van der Waals surface area contributed by atoms with Crippen molar-refractivity contribution in [3.05, 3.63) is 50.7 Å². The van der Waals surface area contributed by atoms with Gasteiger partial charge in [0.25, 0.3) is 0 Å². The maximum Gasteiger partial charge on any atom is 0.0522 e. The van der Waals surface area contributed by atoms with Crippen LogP contribution in [0.3, 0.4) is 0 Å². The van der Waals surface area contributed by atoms with Crippen LogP contribution in [0.25, 0.3) is 0 Å². The van der Waals surface area contributed by atoms with E-state index in [1.165, 1.54) is 11.1 Å². The van der Waals surface area contributed by atoms with Crippen molar-refractivity contribution in [3.8, 4) is 0 Å². The lowest BCUT2D eigenvalue weighted by Crippen LogP contribution is -2.23. The first kappa shape index (κ1) is 14.8. The number of hydrogen-bond acceptors (Lipinski definition) is 2. The molecule has 0 saturated heterocycles. The van der Waals surface area contributed by atoms with Crippen molar-refractivity contribution in [2.24, 2.45) is 7.05 Å². The summed E-state index contributed by atoms with van der Waals surface area (Å²) in [6.07, 6.45) is 4.93. The molecule has 1 atom stereocenters. The molecule has 2 aromatic rings. The lowest BCUT2D eigenvalue weighted by Gasteiger charge is -2.19. The number of halogens is 2. The Hall–Kier alpha value is -0.650. The summed E-state index contributed by atoms with van der Waals surface area (Å²) in [5.74, 6) is 0. The highest BCUT2D eigenvalue weighted by molar-refractivity contribution is 9.11. The Morgan fingerprint density at radius 3 is 2.74 bits per heavy atom. The van der Waals surface area contributed by atoms with E-state index in [9.17, 15) is 0 Å². The summed E-state index contributed by atoms with van der Waals surface area (Å²) >= 11 is 7.14. The summed E-state index contributed by atoms with van der Waals surface area (Å²) in [5.41, 5.74) is 2.51. The van der Waals surface area contributed by atoms with E-state index in [2.05, 4.69) is 73.6 Å². The fourth-order valence-corrected chi connectivity index (χ4v) is 3.46. The summed E-state index contributed by atoms with van der Waals surface area (Å²) in [6, 6.07) is 6.60. The number of rotatable bonds is 5. The van der Waals surface area contributed by atoms with E-state index < -0.39 is 0 Å². The minimum atomic E-state index is 0.289. The summed E-state index contributed by atoms with van der Waals surface area (Å²) in [7, 11) is 1.95. The molecule has 19 heavy (non-hydrogen) atoms. The lowest BCUT2D eigenvalue weighted by molar-refractivity contribution is 0.547. The normalized spacial score (nSPS) is 12.6. The van der Waals surface area contributed by atoms with Crippen molar-refractivity contribution in [1.29, 1.82) is 0 Å². The Morgan fingerprint density at radius 2 is 2.16 bits per heavy atom. The molecule has 1 aromatic carbocycles. The molecule has 0 bridgehead atoms. The highest BCUT2D eigenvalue weighted by Crippen LogP contribution is 2.28. The number of benzene rings is 1. The van der Waals surface area contributed by atoms with Gasteiger partial charge in [-0.3, -0.25) is 4.68 Å². The molecule has 102 valence electrons. The predicted octanol–water partition coefficient (Wildman–Crippen LogP) is 3.84. The van der Waals surface area contributed by atoms with Crippen molar-refractivity contribution >= 4 is 31.9 Å². The highest BCUT2D eigenvalue weighted by Gasteiger charge is 2.15. The molecule has 0 amide bonds. The van der Waals surface area contributed by atoms with Gasteiger partial charge in [-0.2, -0.15) is 5.10 Å². The quantitative estimate of drug-likeness (QED) is 0.845. The smallest absolute Gasteiger partial charge is 0.0522 e. The molecule has 1 aromatic heterocycles. The first-order chi connectivity index (χ1) is 9.10. The molecule has 1 unspecified atom stereocenters. The summed E-state index contributed by atoms with van der Waals surface area (Å²) < 4.78 is 4.05. The minimum absolute atomic E-state index is 0.289. The van der Waals surface area contributed by atoms with Gasteiger partial charge in [0.05, 0.1) is 6.20 Å². The molecule has 1 heterocycles. The monoisotopic (exact) mass is 385 g/mol. The van der Waals surface area contributed by atoms with Gasteiger partial charge in [0.2, 0.25) is 0 Å². The Kier molecular flexibility index (Phi) is 5.19. The molecule has 0 aliphatic heterocycles. The van der Waals surface area contributed by atoms with Crippen LogP contribution in [0.15, 0.2) is 39.5 Å². The number of aryl methyl sites for hydroxylation is 1. The summed E-state index contributed by atoms with van der Waals surface area (Å²) in [6.45, 7) is 3.07. The molecular formula is C14H17Br2N3. The van der Waals surface area contributed by atoms with Gasteiger partial charge in [0.15, 0.2) is 0 Å². The van der Waals surface area contributed by atoms with Crippen LogP contribution in [0, 0.1) is 0 Å². The fraction of sp³-hybridized carbons (Fsp3) is 0.357. The number of hydrogen-bond donors (Lipinski definition) is 1. The van der Waals surface area contributed by atoms with E-state index in [1.807, 2.05) is 17.9 Å². The third-order valence-corrected chi connectivity index (χ3v) is 4.17. The maximum atomic E-state index is 4.23. The molecule has 2 rings (SSSR count). The zero-order valence-corrected chi connectivity index (χ0v) is 14.2. The standard InChI is InChI=1S/C14H17Br2N3/c1-3-17-14(6-10-8-18-19(2)9-10)12-5-4-11(15)7-13(12)16/h4-5,7-9,14,17H,3,6H2,1-2H3. The van der Waals surface area contributed by atoms with E-state index >= 15 is 0 Å². The molecule has 0 aliphatic rings. The Morgan fingerprint density at radius 1 is 1.37 bits per heavy atom. The SMILES string of the molecule is CCNC(Cc1cnn(C)c1)c1ccc(Br)cc1Br. The van der Waals surface area contributed by atoms with Crippen LogP contribution in [0.2, 0.25) is 0 Å². The average Bonchev–Trinajstić information content (AvgIpc) is 2.74. The molecule has 3 nitrogen and oxygen atoms in total. The van der Waals surface area contributed by atoms with Crippen molar-refractivity contribution < 1.29 is 0 Å². The lowest BCUT2D eigenvalue weighted by atomic mass is 10.0. The van der Waals surface area contributed by atoms with Crippen LogP contribution in [-0.4, -0.2) is 16.3 Å². The van der Waals surface area contributed by atoms with Crippen LogP contribution in [0.1, 0.15) is 24.1 Å². The van der Waals surface area contributed by atoms with E-state index in [-0.39, 0.29) is 6.04 Å². The van der Waals surface area contributed by atoms with Crippen molar-refractivity contribution in [3.63, 3.8) is 0 Å². The maximum absolute atomic E-state index is 4.23. The number of nitrogens with one attached hydrogen (secondary N) is 1. The number of nitrogens with zero attached hydrogens (tertiary/aromatic N) is 2. The van der Waals surface area contributed by atoms with Crippen LogP contribution in [0.4, 0.5) is 0 Å². The van der Waals surface area contributed by atoms with Crippen LogP contribution in [0.5, 0.6) is 0 Å². The molecule has 5 heteroatoms. The van der Waals surface area contributed by atoms with Gasteiger partial charge in [-0.05, 0) is 36.2 Å². The number of aromatic nitrogens is 2. The van der Waals surface area contributed by atoms with E-state index in [0.29, 0.717) is 0 Å². The van der Waals surface area contributed by atoms with Gasteiger partial charge in [-0.25, -0.2) is 0 Å². The second kappa shape index (κ2) is 6.68. The van der Waals surface area contributed by atoms with Crippen LogP contribution < -0.4 is 5.32 Å².